The Morgan fingerprint density at radius 3 is 2.40 bits per heavy atom. The minimum absolute atomic E-state index is 0.0183. The van der Waals surface area contributed by atoms with Crippen molar-refractivity contribution in [1.29, 1.82) is 0 Å². The van der Waals surface area contributed by atoms with E-state index >= 15 is 0 Å². The first-order valence-corrected chi connectivity index (χ1v) is 6.47. The molecule has 0 fully saturated rings. The lowest BCUT2D eigenvalue weighted by Gasteiger charge is -2.21. The number of aromatic nitrogens is 1. The van der Waals surface area contributed by atoms with E-state index < -0.39 is 12.7 Å². The minimum Gasteiger partial charge on any atom is -0.444 e. The van der Waals surface area contributed by atoms with E-state index in [2.05, 4.69) is 4.98 Å². The van der Waals surface area contributed by atoms with Crippen LogP contribution in [0.25, 0.3) is 0 Å². The van der Waals surface area contributed by atoms with Gasteiger partial charge in [0.2, 0.25) is 5.89 Å². The number of nitrogens with zero attached hydrogens (tertiary/aromatic N) is 2. The smallest absolute Gasteiger partial charge is 0.401 e. The van der Waals surface area contributed by atoms with Crippen LogP contribution < -0.4 is 0 Å². The Balaban J connectivity index is 2.71. The summed E-state index contributed by atoms with van der Waals surface area (Å²) < 4.78 is 42.9. The highest BCUT2D eigenvalue weighted by molar-refractivity contribution is 5.05. The summed E-state index contributed by atoms with van der Waals surface area (Å²) in [6, 6.07) is 0. The summed E-state index contributed by atoms with van der Waals surface area (Å²) >= 11 is 0. The van der Waals surface area contributed by atoms with Gasteiger partial charge in [0.15, 0.2) is 0 Å². The lowest BCUT2D eigenvalue weighted by molar-refractivity contribution is -0.148. The summed E-state index contributed by atoms with van der Waals surface area (Å²) in [5, 5.41) is 8.74. The van der Waals surface area contributed by atoms with Crippen LogP contribution >= 0.6 is 0 Å². The van der Waals surface area contributed by atoms with Crippen molar-refractivity contribution < 1.29 is 22.7 Å². The predicted octanol–water partition coefficient (Wildman–Crippen LogP) is 2.72. The molecule has 1 rings (SSSR count). The number of hydrogen-bond donors (Lipinski definition) is 1. The predicted molar refractivity (Wildman–Crippen MR) is 68.2 cm³/mol. The fraction of sp³-hybridized carbons (Fsp3) is 0.769. The molecule has 4 nitrogen and oxygen atoms in total. The van der Waals surface area contributed by atoms with Gasteiger partial charge < -0.3 is 9.52 Å². The molecule has 0 saturated carbocycles. The topological polar surface area (TPSA) is 49.5 Å². The van der Waals surface area contributed by atoms with Crippen molar-refractivity contribution in [3.05, 3.63) is 17.8 Å². The van der Waals surface area contributed by atoms with E-state index in [1.54, 1.807) is 6.20 Å². The first kappa shape index (κ1) is 17.0. The van der Waals surface area contributed by atoms with E-state index in [0.717, 1.165) is 0 Å². The van der Waals surface area contributed by atoms with Crippen LogP contribution in [0.4, 0.5) is 13.2 Å². The summed E-state index contributed by atoms with van der Waals surface area (Å²) in [4.78, 5) is 5.20. The van der Waals surface area contributed by atoms with Crippen molar-refractivity contribution in [2.45, 2.75) is 45.3 Å². The molecule has 116 valence electrons. The van der Waals surface area contributed by atoms with E-state index in [4.69, 9.17) is 9.52 Å². The molecule has 1 N–H and O–H groups in total. The molecule has 0 aliphatic heterocycles. The quantitative estimate of drug-likeness (QED) is 0.876. The third-order valence-electron chi connectivity index (χ3n) is 2.69. The number of halogens is 3. The van der Waals surface area contributed by atoms with Crippen LogP contribution in [-0.4, -0.2) is 40.9 Å². The molecule has 0 radical (unpaired) electrons. The highest BCUT2D eigenvalue weighted by Crippen LogP contribution is 2.24. The normalized spacial score (nSPS) is 13.2. The Bertz CT molecular complexity index is 410. The minimum atomic E-state index is -4.28. The second kappa shape index (κ2) is 6.58. The van der Waals surface area contributed by atoms with Gasteiger partial charge in [-0.2, -0.15) is 13.2 Å². The Labute approximate surface area is 116 Å². The average Bonchev–Trinajstić information content (AvgIpc) is 2.72. The standard InChI is InChI=1S/C13H21F3N2O2/c1-12(2,3)10-7-17-11(20-10)8-18(5-4-6-19)9-13(14,15)16/h7,19H,4-6,8-9H2,1-3H3. The van der Waals surface area contributed by atoms with Crippen LogP contribution in [-0.2, 0) is 12.0 Å². The van der Waals surface area contributed by atoms with Crippen LogP contribution in [0, 0.1) is 0 Å². The molecular formula is C13H21F3N2O2. The maximum Gasteiger partial charge on any atom is 0.401 e. The fourth-order valence-corrected chi connectivity index (χ4v) is 1.68. The van der Waals surface area contributed by atoms with Gasteiger partial charge in [-0.05, 0) is 6.42 Å². The number of aliphatic hydroxyl groups excluding tert-OH is 1. The second-order valence-corrected chi connectivity index (χ2v) is 5.77. The van der Waals surface area contributed by atoms with Gasteiger partial charge in [-0.25, -0.2) is 4.98 Å². The van der Waals surface area contributed by atoms with E-state index in [1.807, 2.05) is 20.8 Å². The molecule has 1 heterocycles. The first-order chi connectivity index (χ1) is 9.12. The second-order valence-electron chi connectivity index (χ2n) is 5.77. The Hall–Kier alpha value is -1.08. The van der Waals surface area contributed by atoms with E-state index in [1.165, 1.54) is 4.90 Å². The lowest BCUT2D eigenvalue weighted by atomic mass is 9.94. The molecule has 1 aromatic rings. The van der Waals surface area contributed by atoms with Crippen molar-refractivity contribution in [3.63, 3.8) is 0 Å². The molecule has 0 spiro atoms. The number of rotatable bonds is 6. The zero-order chi connectivity index (χ0) is 15.4. The van der Waals surface area contributed by atoms with Crippen molar-refractivity contribution >= 4 is 0 Å². The third kappa shape index (κ3) is 5.92. The molecule has 0 aliphatic rings. The van der Waals surface area contributed by atoms with Gasteiger partial charge in [0.25, 0.3) is 0 Å². The molecule has 0 unspecified atom stereocenters. The SMILES string of the molecule is CC(C)(C)c1cnc(CN(CCCO)CC(F)(F)F)o1. The first-order valence-electron chi connectivity index (χ1n) is 6.47. The van der Waals surface area contributed by atoms with E-state index in [9.17, 15) is 13.2 Å². The van der Waals surface area contributed by atoms with Crippen LogP contribution in [0.3, 0.4) is 0 Å². The molecular weight excluding hydrogens is 273 g/mol. The number of oxazole rings is 1. The molecule has 0 amide bonds. The monoisotopic (exact) mass is 294 g/mol. The Kier molecular flexibility index (Phi) is 5.59. The molecule has 0 atom stereocenters. The van der Waals surface area contributed by atoms with Crippen molar-refractivity contribution in [3.8, 4) is 0 Å². The molecule has 0 bridgehead atoms. The fourth-order valence-electron chi connectivity index (χ4n) is 1.68. The molecule has 0 aliphatic carbocycles. The van der Waals surface area contributed by atoms with Crippen molar-refractivity contribution in [2.75, 3.05) is 19.7 Å². The maximum absolute atomic E-state index is 12.5. The summed E-state index contributed by atoms with van der Waals surface area (Å²) in [7, 11) is 0. The van der Waals surface area contributed by atoms with Crippen LogP contribution in [0.1, 0.15) is 38.8 Å². The largest absolute Gasteiger partial charge is 0.444 e. The highest BCUT2D eigenvalue weighted by atomic mass is 19.4. The zero-order valence-corrected chi connectivity index (χ0v) is 12.0. The van der Waals surface area contributed by atoms with Crippen molar-refractivity contribution in [2.24, 2.45) is 0 Å². The molecule has 7 heteroatoms. The zero-order valence-electron chi connectivity index (χ0n) is 12.0. The van der Waals surface area contributed by atoms with Crippen LogP contribution in [0.5, 0.6) is 0 Å². The average molecular weight is 294 g/mol. The Morgan fingerprint density at radius 2 is 1.95 bits per heavy atom. The summed E-state index contributed by atoms with van der Waals surface area (Å²) in [5.74, 6) is 0.902. The summed E-state index contributed by atoms with van der Waals surface area (Å²) in [6.07, 6.45) is -2.45. The number of aliphatic hydroxyl groups is 1. The van der Waals surface area contributed by atoms with Crippen LogP contribution in [0.15, 0.2) is 10.6 Å². The molecule has 20 heavy (non-hydrogen) atoms. The maximum atomic E-state index is 12.5. The van der Waals surface area contributed by atoms with Gasteiger partial charge in [0.1, 0.15) is 5.76 Å². The van der Waals surface area contributed by atoms with Gasteiger partial charge in [-0.15, -0.1) is 0 Å². The highest BCUT2D eigenvalue weighted by Gasteiger charge is 2.31. The van der Waals surface area contributed by atoms with Gasteiger partial charge in [0, 0.05) is 18.6 Å². The number of alkyl halides is 3. The van der Waals surface area contributed by atoms with Gasteiger partial charge in [0.05, 0.1) is 19.3 Å². The summed E-state index contributed by atoms with van der Waals surface area (Å²) in [6.45, 7) is 4.76. The lowest BCUT2D eigenvalue weighted by Crippen LogP contribution is -2.35. The van der Waals surface area contributed by atoms with E-state index in [0.29, 0.717) is 5.76 Å². The molecule has 1 aromatic heterocycles. The molecule has 0 saturated heterocycles. The molecule has 0 aromatic carbocycles. The number of hydrogen-bond acceptors (Lipinski definition) is 4. The van der Waals surface area contributed by atoms with Crippen molar-refractivity contribution in [1.82, 2.24) is 9.88 Å². The summed E-state index contributed by atoms with van der Waals surface area (Å²) in [5.41, 5.74) is -0.231. The van der Waals surface area contributed by atoms with E-state index in [-0.39, 0.29) is 37.4 Å². The van der Waals surface area contributed by atoms with Gasteiger partial charge in [-0.1, -0.05) is 20.8 Å². The third-order valence-corrected chi connectivity index (χ3v) is 2.69. The Morgan fingerprint density at radius 1 is 1.30 bits per heavy atom. The van der Waals surface area contributed by atoms with Crippen LogP contribution in [0.2, 0.25) is 0 Å². The van der Waals surface area contributed by atoms with Gasteiger partial charge in [-0.3, -0.25) is 4.90 Å². The van der Waals surface area contributed by atoms with Gasteiger partial charge >= 0.3 is 6.18 Å².